The van der Waals surface area contributed by atoms with Crippen molar-refractivity contribution in [1.29, 1.82) is 0 Å². The van der Waals surface area contributed by atoms with Crippen molar-refractivity contribution in [3.63, 3.8) is 0 Å². The largest absolute Gasteiger partial charge is 0.381 e. The molecule has 1 heterocycles. The lowest BCUT2D eigenvalue weighted by atomic mass is 10.3. The number of nitrogens with one attached hydrogen (secondary N) is 2. The van der Waals surface area contributed by atoms with Crippen molar-refractivity contribution >= 4 is 5.91 Å². The van der Waals surface area contributed by atoms with Crippen molar-refractivity contribution in [3.05, 3.63) is 0 Å². The average molecular weight is 230 g/mol. The molecule has 0 saturated carbocycles. The zero-order chi connectivity index (χ0) is 11.6. The Labute approximate surface area is 96.9 Å². The molecular weight excluding hydrogens is 208 g/mol. The van der Waals surface area contributed by atoms with Crippen LogP contribution in [-0.2, 0) is 14.3 Å². The lowest BCUT2D eigenvalue weighted by Crippen LogP contribution is -2.45. The van der Waals surface area contributed by atoms with Gasteiger partial charge in [-0.05, 0) is 6.42 Å². The highest BCUT2D eigenvalue weighted by Gasteiger charge is 2.13. The van der Waals surface area contributed by atoms with Gasteiger partial charge in [0.2, 0.25) is 5.91 Å². The predicted octanol–water partition coefficient (Wildman–Crippen LogP) is -0.0923. The van der Waals surface area contributed by atoms with Crippen LogP contribution < -0.4 is 10.6 Å². The molecule has 1 aliphatic rings. The summed E-state index contributed by atoms with van der Waals surface area (Å²) in [6.45, 7) is 6.29. The Kier molecular flexibility index (Phi) is 7.12. The quantitative estimate of drug-likeness (QED) is 0.600. The minimum atomic E-state index is 0.0327. The maximum absolute atomic E-state index is 11.4. The predicted molar refractivity (Wildman–Crippen MR) is 61.3 cm³/mol. The summed E-state index contributed by atoms with van der Waals surface area (Å²) in [5.74, 6) is 0.0327. The van der Waals surface area contributed by atoms with E-state index in [1.165, 1.54) is 0 Å². The normalized spacial score (nSPS) is 20.7. The number of carbonyl (C=O) groups is 1. The first-order valence-corrected chi connectivity index (χ1v) is 5.99. The molecule has 0 aliphatic carbocycles. The standard InChI is InChI=1S/C11H22N2O3/c1-2-5-15-6-3-11(14)13-9-10-8-12-4-7-16-10/h10,12H,2-9H2,1H3,(H,13,14). The van der Waals surface area contributed by atoms with Gasteiger partial charge in [0.25, 0.3) is 0 Å². The minimum Gasteiger partial charge on any atom is -0.381 e. The number of carbonyl (C=O) groups excluding carboxylic acids is 1. The lowest BCUT2D eigenvalue weighted by Gasteiger charge is -2.23. The van der Waals surface area contributed by atoms with Crippen LogP contribution in [0, 0.1) is 0 Å². The minimum absolute atomic E-state index is 0.0327. The molecular formula is C11H22N2O3. The molecule has 16 heavy (non-hydrogen) atoms. The Morgan fingerprint density at radius 2 is 2.44 bits per heavy atom. The summed E-state index contributed by atoms with van der Waals surface area (Å²) >= 11 is 0. The summed E-state index contributed by atoms with van der Waals surface area (Å²) in [6, 6.07) is 0. The molecule has 1 amide bonds. The fourth-order valence-electron chi connectivity index (χ4n) is 1.48. The van der Waals surface area contributed by atoms with Gasteiger partial charge >= 0.3 is 0 Å². The second kappa shape index (κ2) is 8.50. The van der Waals surface area contributed by atoms with Crippen LogP contribution in [0.2, 0.25) is 0 Å². The molecule has 0 bridgehead atoms. The first-order chi connectivity index (χ1) is 7.83. The summed E-state index contributed by atoms with van der Waals surface area (Å²) in [5.41, 5.74) is 0. The van der Waals surface area contributed by atoms with E-state index in [4.69, 9.17) is 9.47 Å². The molecule has 1 fully saturated rings. The smallest absolute Gasteiger partial charge is 0.222 e. The third-order valence-corrected chi connectivity index (χ3v) is 2.35. The molecule has 5 nitrogen and oxygen atoms in total. The third-order valence-electron chi connectivity index (χ3n) is 2.35. The van der Waals surface area contributed by atoms with Crippen molar-refractivity contribution in [2.24, 2.45) is 0 Å². The average Bonchev–Trinajstić information content (AvgIpc) is 2.33. The number of rotatable bonds is 7. The number of morpholine rings is 1. The molecule has 0 aromatic heterocycles. The Bertz CT molecular complexity index is 194. The van der Waals surface area contributed by atoms with Crippen LogP contribution in [0.4, 0.5) is 0 Å². The lowest BCUT2D eigenvalue weighted by molar-refractivity contribution is -0.123. The summed E-state index contributed by atoms with van der Waals surface area (Å²) in [6.07, 6.45) is 1.53. The van der Waals surface area contributed by atoms with Crippen molar-refractivity contribution in [2.75, 3.05) is 39.5 Å². The van der Waals surface area contributed by atoms with Gasteiger partial charge in [-0.15, -0.1) is 0 Å². The van der Waals surface area contributed by atoms with Gasteiger partial charge in [-0.3, -0.25) is 4.79 Å². The third kappa shape index (κ3) is 6.05. The molecule has 1 aliphatic heterocycles. The Hall–Kier alpha value is -0.650. The van der Waals surface area contributed by atoms with Crippen molar-refractivity contribution in [1.82, 2.24) is 10.6 Å². The summed E-state index contributed by atoms with van der Waals surface area (Å²) in [7, 11) is 0. The topological polar surface area (TPSA) is 59.6 Å². The van der Waals surface area contributed by atoms with Crippen LogP contribution in [0.1, 0.15) is 19.8 Å². The van der Waals surface area contributed by atoms with E-state index < -0.39 is 0 Å². The van der Waals surface area contributed by atoms with E-state index in [1.807, 2.05) is 6.92 Å². The van der Waals surface area contributed by atoms with Gasteiger partial charge in [-0.1, -0.05) is 6.92 Å². The van der Waals surface area contributed by atoms with Gasteiger partial charge < -0.3 is 20.1 Å². The van der Waals surface area contributed by atoms with Gasteiger partial charge in [0.15, 0.2) is 0 Å². The zero-order valence-electron chi connectivity index (χ0n) is 9.96. The monoisotopic (exact) mass is 230 g/mol. The number of hydrogen-bond acceptors (Lipinski definition) is 4. The van der Waals surface area contributed by atoms with Gasteiger partial charge in [0, 0.05) is 32.7 Å². The van der Waals surface area contributed by atoms with Crippen LogP contribution in [0.15, 0.2) is 0 Å². The highest BCUT2D eigenvalue weighted by molar-refractivity contribution is 5.75. The van der Waals surface area contributed by atoms with Crippen molar-refractivity contribution in [2.45, 2.75) is 25.9 Å². The highest BCUT2D eigenvalue weighted by atomic mass is 16.5. The Morgan fingerprint density at radius 3 is 3.12 bits per heavy atom. The maximum Gasteiger partial charge on any atom is 0.222 e. The van der Waals surface area contributed by atoms with Crippen molar-refractivity contribution < 1.29 is 14.3 Å². The molecule has 0 aromatic carbocycles. The van der Waals surface area contributed by atoms with Crippen LogP contribution in [0.3, 0.4) is 0 Å². The molecule has 0 aromatic rings. The molecule has 1 unspecified atom stereocenters. The number of amides is 1. The van der Waals surface area contributed by atoms with E-state index in [9.17, 15) is 4.79 Å². The van der Waals surface area contributed by atoms with Crippen molar-refractivity contribution in [3.8, 4) is 0 Å². The second-order valence-corrected chi connectivity index (χ2v) is 3.86. The second-order valence-electron chi connectivity index (χ2n) is 3.86. The van der Waals surface area contributed by atoms with E-state index >= 15 is 0 Å². The number of hydrogen-bond donors (Lipinski definition) is 2. The molecule has 94 valence electrons. The van der Waals surface area contributed by atoms with E-state index in [2.05, 4.69) is 10.6 Å². The van der Waals surface area contributed by atoms with Gasteiger partial charge in [0.05, 0.1) is 19.3 Å². The molecule has 1 atom stereocenters. The van der Waals surface area contributed by atoms with E-state index in [-0.39, 0.29) is 12.0 Å². The number of ether oxygens (including phenoxy) is 2. The molecule has 1 rings (SSSR count). The van der Waals surface area contributed by atoms with E-state index in [0.29, 0.717) is 19.6 Å². The fourth-order valence-corrected chi connectivity index (χ4v) is 1.48. The SMILES string of the molecule is CCCOCCC(=O)NCC1CNCCO1. The first kappa shape index (κ1) is 13.4. The van der Waals surface area contributed by atoms with Gasteiger partial charge in [-0.25, -0.2) is 0 Å². The summed E-state index contributed by atoms with van der Waals surface area (Å²) in [5, 5.41) is 6.06. The summed E-state index contributed by atoms with van der Waals surface area (Å²) in [4.78, 5) is 11.4. The molecule has 0 spiro atoms. The molecule has 0 radical (unpaired) electrons. The van der Waals surface area contributed by atoms with Crippen LogP contribution in [-0.4, -0.2) is 51.5 Å². The van der Waals surface area contributed by atoms with Crippen LogP contribution in [0.5, 0.6) is 0 Å². The fraction of sp³-hybridized carbons (Fsp3) is 0.909. The van der Waals surface area contributed by atoms with Gasteiger partial charge in [-0.2, -0.15) is 0 Å². The van der Waals surface area contributed by atoms with Crippen LogP contribution >= 0.6 is 0 Å². The molecule has 1 saturated heterocycles. The van der Waals surface area contributed by atoms with Gasteiger partial charge in [0.1, 0.15) is 0 Å². The Morgan fingerprint density at radius 1 is 1.56 bits per heavy atom. The molecule has 2 N–H and O–H groups in total. The molecule has 5 heteroatoms. The zero-order valence-corrected chi connectivity index (χ0v) is 9.96. The highest BCUT2D eigenvalue weighted by Crippen LogP contribution is 1.94. The Balaban J connectivity index is 1.96. The first-order valence-electron chi connectivity index (χ1n) is 5.99. The maximum atomic E-state index is 11.4. The summed E-state index contributed by atoms with van der Waals surface area (Å²) < 4.78 is 10.7. The van der Waals surface area contributed by atoms with E-state index in [1.54, 1.807) is 0 Å². The van der Waals surface area contributed by atoms with Crippen LogP contribution in [0.25, 0.3) is 0 Å². The van der Waals surface area contributed by atoms with E-state index in [0.717, 1.165) is 32.7 Å².